The van der Waals surface area contributed by atoms with E-state index in [2.05, 4.69) is 69.3 Å². The molecular weight excluding hydrogens is 430 g/mol. The van der Waals surface area contributed by atoms with Crippen LogP contribution in [0, 0.1) is 0 Å². The lowest BCUT2D eigenvalue weighted by molar-refractivity contribution is -0.688. The van der Waals surface area contributed by atoms with E-state index < -0.39 is 0 Å². The molecule has 0 aliphatic rings. The van der Waals surface area contributed by atoms with Crippen LogP contribution in [-0.2, 0) is 6.54 Å². The van der Waals surface area contributed by atoms with Crippen LogP contribution >= 0.6 is 15.9 Å². The maximum absolute atomic E-state index is 9.76. The predicted molar refractivity (Wildman–Crippen MR) is 96.9 cm³/mol. The largest absolute Gasteiger partial charge is 1.00 e. The summed E-state index contributed by atoms with van der Waals surface area (Å²) < 4.78 is 3.23. The molecule has 0 aliphatic heterocycles. The first-order chi connectivity index (χ1) is 11.2. The van der Waals surface area contributed by atoms with Gasteiger partial charge in [0.1, 0.15) is 5.75 Å². The first-order valence-corrected chi connectivity index (χ1v) is 8.20. The number of benzene rings is 2. The number of hydrogen-bond acceptors (Lipinski definition) is 1. The van der Waals surface area contributed by atoms with Crippen molar-refractivity contribution < 1.29 is 26.7 Å². The smallest absolute Gasteiger partial charge is 0.173 e. The third-order valence-electron chi connectivity index (χ3n) is 3.59. The van der Waals surface area contributed by atoms with Crippen LogP contribution in [0.15, 0.2) is 77.5 Å². The molecule has 24 heavy (non-hydrogen) atoms. The van der Waals surface area contributed by atoms with Crippen molar-refractivity contribution in [1.29, 1.82) is 0 Å². The Morgan fingerprint density at radius 2 is 1.54 bits per heavy atom. The first-order valence-electron chi connectivity index (χ1n) is 7.40. The molecule has 0 spiro atoms. The van der Waals surface area contributed by atoms with Crippen LogP contribution in [0.1, 0.15) is 16.7 Å². The van der Waals surface area contributed by atoms with Crippen molar-refractivity contribution in [3.05, 3.63) is 94.2 Å². The summed E-state index contributed by atoms with van der Waals surface area (Å²) in [7, 11) is 0. The number of phenols is 1. The van der Waals surface area contributed by atoms with Gasteiger partial charge in [0.2, 0.25) is 0 Å². The monoisotopic (exact) mass is 445 g/mol. The van der Waals surface area contributed by atoms with E-state index in [1.54, 1.807) is 6.07 Å². The van der Waals surface area contributed by atoms with Crippen molar-refractivity contribution in [3.63, 3.8) is 0 Å². The molecule has 2 aromatic carbocycles. The molecule has 0 radical (unpaired) electrons. The summed E-state index contributed by atoms with van der Waals surface area (Å²) in [4.78, 5) is 0. The summed E-state index contributed by atoms with van der Waals surface area (Å²) in [6, 6.07) is 19.8. The SMILES string of the molecule is Oc1ccccc1/C=C/c1cc[n+](Cc2ccc(Br)cc2)cc1.[Br-]. The second-order valence-corrected chi connectivity index (χ2v) is 6.24. The minimum atomic E-state index is 0. The molecule has 1 N–H and O–H groups in total. The summed E-state index contributed by atoms with van der Waals surface area (Å²) in [6.07, 6.45) is 8.04. The maximum atomic E-state index is 9.76. The van der Waals surface area contributed by atoms with E-state index in [4.69, 9.17) is 0 Å². The summed E-state index contributed by atoms with van der Waals surface area (Å²) in [5.41, 5.74) is 3.18. The third kappa shape index (κ3) is 5.05. The molecule has 122 valence electrons. The summed E-state index contributed by atoms with van der Waals surface area (Å²) in [5.74, 6) is 0.296. The van der Waals surface area contributed by atoms with Gasteiger partial charge in [-0.25, -0.2) is 4.57 Å². The highest BCUT2D eigenvalue weighted by molar-refractivity contribution is 9.10. The van der Waals surface area contributed by atoms with Gasteiger partial charge in [0, 0.05) is 27.7 Å². The molecule has 3 rings (SSSR count). The quantitative estimate of drug-likeness (QED) is 0.605. The van der Waals surface area contributed by atoms with E-state index >= 15 is 0 Å². The Kier molecular flexibility index (Phi) is 6.76. The highest BCUT2D eigenvalue weighted by atomic mass is 79.9. The fourth-order valence-corrected chi connectivity index (χ4v) is 2.56. The van der Waals surface area contributed by atoms with Gasteiger partial charge in [-0.2, -0.15) is 0 Å². The zero-order chi connectivity index (χ0) is 16.1. The Bertz CT molecular complexity index is 812. The van der Waals surface area contributed by atoms with Gasteiger partial charge in [0.15, 0.2) is 18.9 Å². The molecule has 3 aromatic rings. The molecule has 2 nitrogen and oxygen atoms in total. The lowest BCUT2D eigenvalue weighted by Crippen LogP contribution is -3.00. The Balaban J connectivity index is 0.00000208. The Labute approximate surface area is 161 Å². The van der Waals surface area contributed by atoms with E-state index in [0.717, 1.165) is 22.1 Å². The van der Waals surface area contributed by atoms with E-state index in [1.165, 1.54) is 5.56 Å². The van der Waals surface area contributed by atoms with Crippen molar-refractivity contribution in [2.45, 2.75) is 6.54 Å². The van der Waals surface area contributed by atoms with Crippen LogP contribution in [0.4, 0.5) is 0 Å². The number of aromatic hydroxyl groups is 1. The van der Waals surface area contributed by atoms with Gasteiger partial charge >= 0.3 is 0 Å². The van der Waals surface area contributed by atoms with Gasteiger partial charge in [0.05, 0.1) is 0 Å². The van der Waals surface area contributed by atoms with E-state index in [-0.39, 0.29) is 17.0 Å². The van der Waals surface area contributed by atoms with Crippen LogP contribution in [0.2, 0.25) is 0 Å². The molecule has 0 amide bonds. The van der Waals surface area contributed by atoms with Crippen LogP contribution < -0.4 is 21.5 Å². The minimum absolute atomic E-state index is 0. The standard InChI is InChI=1S/C20H16BrNO.BrH/c21-19-9-6-17(7-10-19)15-22-13-11-16(12-14-22)5-8-18-3-1-2-4-20(18)23;/h1-14H,15H2;1H. The first kappa shape index (κ1) is 18.4. The fourth-order valence-electron chi connectivity index (χ4n) is 2.30. The van der Waals surface area contributed by atoms with Crippen molar-refractivity contribution in [2.75, 3.05) is 0 Å². The third-order valence-corrected chi connectivity index (χ3v) is 4.12. The van der Waals surface area contributed by atoms with E-state index in [1.807, 2.05) is 30.4 Å². The number of hydrogen-bond donors (Lipinski definition) is 1. The number of phenolic OH excluding ortho intramolecular Hbond substituents is 1. The highest BCUT2D eigenvalue weighted by Gasteiger charge is 2.02. The normalized spacial score (nSPS) is 10.5. The van der Waals surface area contributed by atoms with Crippen LogP contribution in [0.25, 0.3) is 12.2 Å². The average molecular weight is 447 g/mol. The minimum Gasteiger partial charge on any atom is -1.00 e. The van der Waals surface area contributed by atoms with Gasteiger partial charge in [-0.15, -0.1) is 0 Å². The molecule has 0 aliphatic carbocycles. The molecule has 0 unspecified atom stereocenters. The molecule has 1 aromatic heterocycles. The maximum Gasteiger partial charge on any atom is 0.173 e. The van der Waals surface area contributed by atoms with Gasteiger partial charge < -0.3 is 22.1 Å². The van der Waals surface area contributed by atoms with Crippen molar-refractivity contribution in [2.24, 2.45) is 0 Å². The highest BCUT2D eigenvalue weighted by Crippen LogP contribution is 2.18. The second-order valence-electron chi connectivity index (χ2n) is 5.32. The zero-order valence-corrected chi connectivity index (χ0v) is 16.1. The summed E-state index contributed by atoms with van der Waals surface area (Å²) in [6.45, 7) is 0.844. The Hall–Kier alpha value is -1.91. The van der Waals surface area contributed by atoms with Crippen LogP contribution in [-0.4, -0.2) is 5.11 Å². The van der Waals surface area contributed by atoms with Crippen molar-refractivity contribution in [3.8, 4) is 5.75 Å². The molecule has 4 heteroatoms. The molecule has 0 saturated carbocycles. The van der Waals surface area contributed by atoms with E-state index in [0.29, 0.717) is 5.75 Å². The Morgan fingerprint density at radius 3 is 2.21 bits per heavy atom. The van der Waals surface area contributed by atoms with Crippen LogP contribution in [0.3, 0.4) is 0 Å². The average Bonchev–Trinajstić information content (AvgIpc) is 2.58. The topological polar surface area (TPSA) is 24.1 Å². The number of rotatable bonds is 4. The lowest BCUT2D eigenvalue weighted by Gasteiger charge is -2.00. The fraction of sp³-hybridized carbons (Fsp3) is 0.0500. The van der Waals surface area contributed by atoms with Crippen molar-refractivity contribution in [1.82, 2.24) is 0 Å². The number of pyridine rings is 1. The number of nitrogens with zero attached hydrogens (tertiary/aromatic N) is 1. The van der Waals surface area contributed by atoms with Gasteiger partial charge in [-0.05, 0) is 23.8 Å². The lowest BCUT2D eigenvalue weighted by atomic mass is 10.1. The summed E-state index contributed by atoms with van der Waals surface area (Å²) in [5, 5.41) is 9.76. The van der Waals surface area contributed by atoms with Gasteiger partial charge in [-0.1, -0.05) is 58.4 Å². The summed E-state index contributed by atoms with van der Waals surface area (Å²) >= 11 is 3.45. The van der Waals surface area contributed by atoms with Crippen molar-refractivity contribution >= 4 is 28.1 Å². The van der Waals surface area contributed by atoms with E-state index in [9.17, 15) is 5.11 Å². The van der Waals surface area contributed by atoms with Gasteiger partial charge in [0.25, 0.3) is 0 Å². The molecule has 0 fully saturated rings. The van der Waals surface area contributed by atoms with Gasteiger partial charge in [-0.3, -0.25) is 0 Å². The molecular formula is C20H17Br2NO. The van der Waals surface area contributed by atoms with Crippen LogP contribution in [0.5, 0.6) is 5.75 Å². The second kappa shape index (κ2) is 8.81. The molecule has 0 atom stereocenters. The predicted octanol–water partition coefficient (Wildman–Crippen LogP) is 1.66. The number of aromatic nitrogens is 1. The molecule has 0 saturated heterocycles. The molecule has 0 bridgehead atoms. The number of halogens is 2. The number of para-hydroxylation sites is 1. The Morgan fingerprint density at radius 1 is 0.875 bits per heavy atom. The zero-order valence-electron chi connectivity index (χ0n) is 12.9. The molecule has 1 heterocycles.